The molecule has 0 saturated carbocycles. The summed E-state index contributed by atoms with van der Waals surface area (Å²) < 4.78 is 5.61. The predicted octanol–water partition coefficient (Wildman–Crippen LogP) is 1.32. The van der Waals surface area contributed by atoms with Crippen LogP contribution in [0.5, 0.6) is 5.75 Å². The molecule has 6 nitrogen and oxygen atoms in total. The number of aromatic carboxylic acids is 1. The van der Waals surface area contributed by atoms with Crippen molar-refractivity contribution < 1.29 is 19.4 Å². The minimum Gasteiger partial charge on any atom is -0.491 e. The number of ether oxygens (including phenoxy) is 1. The van der Waals surface area contributed by atoms with Crippen molar-refractivity contribution in [1.29, 1.82) is 0 Å². The van der Waals surface area contributed by atoms with Gasteiger partial charge in [0.05, 0.1) is 5.54 Å². The molecule has 1 saturated heterocycles. The Bertz CT molecular complexity index is 571. The van der Waals surface area contributed by atoms with E-state index in [4.69, 9.17) is 9.84 Å². The number of hydrogen-bond acceptors (Lipinski definition) is 4. The summed E-state index contributed by atoms with van der Waals surface area (Å²) >= 11 is 0. The number of para-hydroxylation sites is 1. The quantitative estimate of drug-likeness (QED) is 0.888. The Kier molecular flexibility index (Phi) is 4.71. The van der Waals surface area contributed by atoms with Crippen molar-refractivity contribution in [3.05, 3.63) is 29.8 Å². The van der Waals surface area contributed by atoms with E-state index in [9.17, 15) is 9.59 Å². The summed E-state index contributed by atoms with van der Waals surface area (Å²) in [5, 5.41) is 9.12. The van der Waals surface area contributed by atoms with E-state index in [1.54, 1.807) is 30.1 Å². The van der Waals surface area contributed by atoms with Crippen LogP contribution in [-0.4, -0.2) is 65.6 Å². The summed E-state index contributed by atoms with van der Waals surface area (Å²) in [5.74, 6) is -0.566. The van der Waals surface area contributed by atoms with E-state index >= 15 is 0 Å². The molecule has 1 amide bonds. The molecule has 22 heavy (non-hydrogen) atoms. The minimum atomic E-state index is -1.01. The lowest BCUT2D eigenvalue weighted by molar-refractivity contribution is -0.147. The van der Waals surface area contributed by atoms with Gasteiger partial charge in [-0.3, -0.25) is 9.69 Å². The summed E-state index contributed by atoms with van der Waals surface area (Å²) in [6.07, 6.45) is 0. The first kappa shape index (κ1) is 16.3. The number of hydrogen-bond donors (Lipinski definition) is 1. The number of carboxylic acids is 1. The smallest absolute Gasteiger partial charge is 0.339 e. The van der Waals surface area contributed by atoms with Gasteiger partial charge in [-0.25, -0.2) is 4.79 Å². The van der Waals surface area contributed by atoms with E-state index in [0.29, 0.717) is 25.4 Å². The van der Waals surface area contributed by atoms with Crippen LogP contribution in [0.15, 0.2) is 24.3 Å². The number of likely N-dealkylation sites (N-methyl/N-ethyl adjacent to an activating group) is 1. The van der Waals surface area contributed by atoms with Gasteiger partial charge in [-0.1, -0.05) is 12.1 Å². The maximum Gasteiger partial charge on any atom is 0.339 e. The topological polar surface area (TPSA) is 70.1 Å². The average Bonchev–Trinajstić information content (AvgIpc) is 2.48. The van der Waals surface area contributed by atoms with E-state index in [0.717, 1.165) is 6.54 Å². The van der Waals surface area contributed by atoms with Gasteiger partial charge < -0.3 is 14.7 Å². The highest BCUT2D eigenvalue weighted by atomic mass is 16.5. The van der Waals surface area contributed by atoms with Gasteiger partial charge in [0.2, 0.25) is 5.91 Å². The predicted molar refractivity (Wildman–Crippen MR) is 82.2 cm³/mol. The van der Waals surface area contributed by atoms with E-state index in [1.165, 1.54) is 6.07 Å². The first-order chi connectivity index (χ1) is 10.3. The lowest BCUT2D eigenvalue weighted by atomic mass is 9.98. The second-order valence-electron chi connectivity index (χ2n) is 5.92. The maximum atomic E-state index is 12.2. The highest BCUT2D eigenvalue weighted by Gasteiger charge is 2.40. The van der Waals surface area contributed by atoms with Gasteiger partial charge in [0, 0.05) is 26.7 Å². The number of nitrogens with zero attached hydrogens (tertiary/aromatic N) is 2. The lowest BCUT2D eigenvalue weighted by Gasteiger charge is -2.44. The van der Waals surface area contributed by atoms with Gasteiger partial charge >= 0.3 is 5.97 Å². The lowest BCUT2D eigenvalue weighted by Crippen LogP contribution is -2.62. The van der Waals surface area contributed by atoms with Crippen LogP contribution < -0.4 is 4.74 Å². The molecule has 0 aromatic heterocycles. The Hall–Kier alpha value is -2.08. The highest BCUT2D eigenvalue weighted by Crippen LogP contribution is 2.22. The van der Waals surface area contributed by atoms with Crippen molar-refractivity contribution in [3.8, 4) is 5.75 Å². The largest absolute Gasteiger partial charge is 0.491 e. The molecule has 1 heterocycles. The van der Waals surface area contributed by atoms with E-state index < -0.39 is 11.5 Å². The van der Waals surface area contributed by atoms with Crippen LogP contribution in [0.4, 0.5) is 0 Å². The zero-order valence-corrected chi connectivity index (χ0v) is 13.2. The molecule has 1 aromatic carbocycles. The molecule has 0 unspecified atom stereocenters. The monoisotopic (exact) mass is 306 g/mol. The molecule has 1 fully saturated rings. The molecule has 0 aliphatic carbocycles. The molecule has 6 heteroatoms. The summed E-state index contributed by atoms with van der Waals surface area (Å²) in [6, 6.07) is 6.56. The highest BCUT2D eigenvalue weighted by molar-refractivity contribution is 5.90. The van der Waals surface area contributed by atoms with Gasteiger partial charge in [0.15, 0.2) is 0 Å². The second kappa shape index (κ2) is 6.36. The molecule has 0 atom stereocenters. The van der Waals surface area contributed by atoms with Crippen LogP contribution in [0, 0.1) is 0 Å². The van der Waals surface area contributed by atoms with Crippen LogP contribution >= 0.6 is 0 Å². The fourth-order valence-electron chi connectivity index (χ4n) is 2.68. The van der Waals surface area contributed by atoms with Crippen molar-refractivity contribution in [2.75, 3.05) is 33.3 Å². The van der Waals surface area contributed by atoms with E-state index in [2.05, 4.69) is 4.90 Å². The Labute approximate surface area is 130 Å². The molecule has 120 valence electrons. The Balaban J connectivity index is 1.97. The van der Waals surface area contributed by atoms with Crippen LogP contribution in [0.25, 0.3) is 0 Å². The third-order valence-corrected chi connectivity index (χ3v) is 4.10. The minimum absolute atomic E-state index is 0.0877. The fourth-order valence-corrected chi connectivity index (χ4v) is 2.68. The number of carbonyl (C=O) groups is 2. The number of rotatable bonds is 5. The van der Waals surface area contributed by atoms with Gasteiger partial charge in [0.25, 0.3) is 0 Å². The van der Waals surface area contributed by atoms with Crippen molar-refractivity contribution in [2.24, 2.45) is 0 Å². The van der Waals surface area contributed by atoms with Gasteiger partial charge in [-0.15, -0.1) is 0 Å². The zero-order valence-electron chi connectivity index (χ0n) is 13.2. The zero-order chi connectivity index (χ0) is 16.3. The third-order valence-electron chi connectivity index (χ3n) is 4.10. The van der Waals surface area contributed by atoms with Crippen molar-refractivity contribution in [2.45, 2.75) is 19.4 Å². The number of carboxylic acid groups (broad SMARTS) is 1. The number of amides is 1. The SMILES string of the molecule is CN1CCN(CCOc2ccccc2C(=O)O)C(C)(C)C1=O. The summed E-state index contributed by atoms with van der Waals surface area (Å²) in [4.78, 5) is 27.1. The molecule has 1 aliphatic heterocycles. The first-order valence-electron chi connectivity index (χ1n) is 7.30. The fraction of sp³-hybridized carbons (Fsp3) is 0.500. The molecule has 0 spiro atoms. The molecular weight excluding hydrogens is 284 g/mol. The van der Waals surface area contributed by atoms with Crippen LogP contribution in [0.3, 0.4) is 0 Å². The first-order valence-corrected chi connectivity index (χ1v) is 7.30. The molecule has 1 aliphatic rings. The number of benzene rings is 1. The average molecular weight is 306 g/mol. The van der Waals surface area contributed by atoms with Gasteiger partial charge in [-0.2, -0.15) is 0 Å². The molecule has 1 aromatic rings. The van der Waals surface area contributed by atoms with Crippen molar-refractivity contribution >= 4 is 11.9 Å². The number of piperazine rings is 1. The third kappa shape index (κ3) is 3.22. The van der Waals surface area contributed by atoms with Crippen molar-refractivity contribution in [1.82, 2.24) is 9.80 Å². The molecule has 0 radical (unpaired) electrons. The van der Waals surface area contributed by atoms with Crippen LogP contribution in [-0.2, 0) is 4.79 Å². The van der Waals surface area contributed by atoms with Gasteiger partial charge in [0.1, 0.15) is 17.9 Å². The molecular formula is C16H22N2O4. The van der Waals surface area contributed by atoms with Gasteiger partial charge in [-0.05, 0) is 26.0 Å². The maximum absolute atomic E-state index is 12.2. The standard InChI is InChI=1S/C16H22N2O4/c1-16(2)15(21)17(3)8-9-18(16)10-11-22-13-7-5-4-6-12(13)14(19)20/h4-7H,8-11H2,1-3H3,(H,19,20). The summed E-state index contributed by atoms with van der Waals surface area (Å²) in [7, 11) is 1.81. The summed E-state index contributed by atoms with van der Waals surface area (Å²) in [6.45, 7) is 6.17. The summed E-state index contributed by atoms with van der Waals surface area (Å²) in [5.41, 5.74) is -0.418. The van der Waals surface area contributed by atoms with Crippen LogP contribution in [0.1, 0.15) is 24.2 Å². The second-order valence-corrected chi connectivity index (χ2v) is 5.92. The number of carbonyl (C=O) groups excluding carboxylic acids is 1. The Morgan fingerprint density at radius 3 is 2.68 bits per heavy atom. The Morgan fingerprint density at radius 1 is 1.32 bits per heavy atom. The normalized spacial score (nSPS) is 18.3. The van der Waals surface area contributed by atoms with Crippen molar-refractivity contribution in [3.63, 3.8) is 0 Å². The molecule has 0 bridgehead atoms. The van der Waals surface area contributed by atoms with E-state index in [1.807, 2.05) is 13.8 Å². The molecule has 1 N–H and O–H groups in total. The van der Waals surface area contributed by atoms with E-state index in [-0.39, 0.29) is 11.5 Å². The molecule has 2 rings (SSSR count). The van der Waals surface area contributed by atoms with Crippen LogP contribution in [0.2, 0.25) is 0 Å². The Morgan fingerprint density at radius 2 is 2.00 bits per heavy atom.